The van der Waals surface area contributed by atoms with E-state index in [1.165, 1.54) is 6.42 Å². The molecule has 1 saturated heterocycles. The Morgan fingerprint density at radius 1 is 0.810 bits per heavy atom. The van der Waals surface area contributed by atoms with Gasteiger partial charge >= 0.3 is 6.03 Å². The van der Waals surface area contributed by atoms with Crippen molar-refractivity contribution >= 4 is 34.7 Å². The number of methoxy groups -OCH3 is 1. The first-order valence-electron chi connectivity index (χ1n) is 14.9. The Labute approximate surface area is 248 Å². The Hall–Kier alpha value is -4.40. The van der Waals surface area contributed by atoms with Crippen molar-refractivity contribution in [1.82, 2.24) is 5.32 Å². The summed E-state index contributed by atoms with van der Waals surface area (Å²) in [5.74, 6) is 1.36. The number of hydrogen-bond acceptors (Lipinski definition) is 6. The molecule has 9 heteroatoms. The van der Waals surface area contributed by atoms with Crippen LogP contribution in [0.5, 0.6) is 11.5 Å². The highest BCUT2D eigenvalue weighted by Gasteiger charge is 2.25. The maximum absolute atomic E-state index is 13.7. The number of para-hydroxylation sites is 4. The largest absolute Gasteiger partial charge is 0.495 e. The van der Waals surface area contributed by atoms with Crippen molar-refractivity contribution < 1.29 is 19.1 Å². The van der Waals surface area contributed by atoms with Gasteiger partial charge in [-0.3, -0.25) is 4.79 Å². The standard InChI is InChI=1S/C33H41N5O4/c1-3-42-30-15-9-7-13-27(30)36-33(40)35-25-17-18-28(26(23-25)32(39)34-24-11-5-4-6-12-24)37-19-21-38(22-20-37)29-14-8-10-16-31(29)41-2/h7-10,13-18,23-24H,3-6,11-12,19-22H2,1-2H3,(H,34,39)(H2,35,36,40). The van der Waals surface area contributed by atoms with Crippen molar-refractivity contribution in [2.24, 2.45) is 0 Å². The van der Waals surface area contributed by atoms with Crippen molar-refractivity contribution in [3.63, 3.8) is 0 Å². The summed E-state index contributed by atoms with van der Waals surface area (Å²) in [5.41, 5.74) is 3.64. The van der Waals surface area contributed by atoms with Crippen molar-refractivity contribution in [2.75, 3.05) is 60.3 Å². The molecule has 222 valence electrons. The molecule has 0 atom stereocenters. The summed E-state index contributed by atoms with van der Waals surface area (Å²) >= 11 is 0. The first kappa shape index (κ1) is 29.1. The topological polar surface area (TPSA) is 95.2 Å². The summed E-state index contributed by atoms with van der Waals surface area (Å²) in [5, 5.41) is 9.04. The zero-order valence-electron chi connectivity index (χ0n) is 24.5. The fourth-order valence-corrected chi connectivity index (χ4v) is 5.80. The van der Waals surface area contributed by atoms with Crippen molar-refractivity contribution in [2.45, 2.75) is 45.1 Å². The fourth-order valence-electron chi connectivity index (χ4n) is 5.80. The lowest BCUT2D eigenvalue weighted by atomic mass is 9.95. The van der Waals surface area contributed by atoms with E-state index in [4.69, 9.17) is 9.47 Å². The van der Waals surface area contributed by atoms with Gasteiger partial charge in [0.05, 0.1) is 30.7 Å². The molecule has 42 heavy (non-hydrogen) atoms. The van der Waals surface area contributed by atoms with Crippen LogP contribution >= 0.6 is 0 Å². The van der Waals surface area contributed by atoms with E-state index >= 15 is 0 Å². The summed E-state index contributed by atoms with van der Waals surface area (Å²) in [6, 6.07) is 20.7. The highest BCUT2D eigenvalue weighted by molar-refractivity contribution is 6.04. The molecule has 3 aromatic rings. The van der Waals surface area contributed by atoms with E-state index in [0.29, 0.717) is 29.3 Å². The number of piperazine rings is 1. The summed E-state index contributed by atoms with van der Waals surface area (Å²) in [6.45, 7) is 5.49. The van der Waals surface area contributed by atoms with E-state index in [2.05, 4.69) is 31.8 Å². The zero-order chi connectivity index (χ0) is 29.3. The van der Waals surface area contributed by atoms with E-state index in [0.717, 1.165) is 69.0 Å². The van der Waals surface area contributed by atoms with Gasteiger partial charge in [-0.2, -0.15) is 0 Å². The number of hydrogen-bond donors (Lipinski definition) is 3. The summed E-state index contributed by atoms with van der Waals surface area (Å²) in [7, 11) is 1.69. The molecule has 3 aromatic carbocycles. The molecule has 1 saturated carbocycles. The number of rotatable bonds is 9. The van der Waals surface area contributed by atoms with Gasteiger partial charge in [0, 0.05) is 43.6 Å². The lowest BCUT2D eigenvalue weighted by Gasteiger charge is -2.38. The zero-order valence-corrected chi connectivity index (χ0v) is 24.5. The smallest absolute Gasteiger partial charge is 0.323 e. The molecule has 9 nitrogen and oxygen atoms in total. The molecular weight excluding hydrogens is 530 g/mol. The van der Waals surface area contributed by atoms with Crippen LogP contribution in [0.3, 0.4) is 0 Å². The Bertz CT molecular complexity index is 1370. The minimum atomic E-state index is -0.404. The molecule has 5 rings (SSSR count). The number of amides is 3. The summed E-state index contributed by atoms with van der Waals surface area (Å²) < 4.78 is 11.2. The van der Waals surface area contributed by atoms with Crippen LogP contribution < -0.4 is 35.2 Å². The molecule has 2 fully saturated rings. The molecule has 0 bridgehead atoms. The number of ether oxygens (including phenoxy) is 2. The molecule has 0 radical (unpaired) electrons. The second-order valence-electron chi connectivity index (χ2n) is 10.7. The predicted octanol–water partition coefficient (Wildman–Crippen LogP) is 6.13. The third-order valence-corrected chi connectivity index (χ3v) is 7.92. The quantitative estimate of drug-likeness (QED) is 0.286. The van der Waals surface area contributed by atoms with Gasteiger partial charge in [0.2, 0.25) is 0 Å². The average molecular weight is 572 g/mol. The van der Waals surface area contributed by atoms with Gasteiger partial charge in [-0.15, -0.1) is 0 Å². The fraction of sp³-hybridized carbons (Fsp3) is 0.394. The Morgan fingerprint density at radius 3 is 2.19 bits per heavy atom. The Balaban J connectivity index is 1.33. The third-order valence-electron chi connectivity index (χ3n) is 7.92. The average Bonchev–Trinajstić information content (AvgIpc) is 3.02. The first-order chi connectivity index (χ1) is 20.6. The molecule has 0 unspecified atom stereocenters. The van der Waals surface area contributed by atoms with E-state index < -0.39 is 6.03 Å². The maximum atomic E-state index is 13.7. The van der Waals surface area contributed by atoms with Gasteiger partial charge in [-0.25, -0.2) is 4.79 Å². The van der Waals surface area contributed by atoms with Gasteiger partial charge < -0.3 is 35.2 Å². The Morgan fingerprint density at radius 2 is 1.48 bits per heavy atom. The van der Waals surface area contributed by atoms with Crippen molar-refractivity contribution in [3.8, 4) is 11.5 Å². The van der Waals surface area contributed by atoms with Crippen LogP contribution in [0.25, 0.3) is 0 Å². The number of carbonyl (C=O) groups excluding carboxylic acids is 2. The van der Waals surface area contributed by atoms with Crippen LogP contribution in [0.15, 0.2) is 66.7 Å². The summed E-state index contributed by atoms with van der Waals surface area (Å²) in [6.07, 6.45) is 5.48. The normalized spacial score (nSPS) is 15.6. The van der Waals surface area contributed by atoms with Gasteiger partial charge in [0.25, 0.3) is 5.91 Å². The van der Waals surface area contributed by atoms with E-state index in [1.807, 2.05) is 55.5 Å². The molecule has 1 aliphatic heterocycles. The van der Waals surface area contributed by atoms with Gasteiger partial charge in [-0.1, -0.05) is 43.5 Å². The second kappa shape index (κ2) is 14.0. The number of benzene rings is 3. The predicted molar refractivity (Wildman–Crippen MR) is 168 cm³/mol. The lowest BCUT2D eigenvalue weighted by molar-refractivity contribution is 0.0928. The minimum Gasteiger partial charge on any atom is -0.495 e. The summed E-state index contributed by atoms with van der Waals surface area (Å²) in [4.78, 5) is 31.2. The molecule has 1 heterocycles. The molecule has 0 aromatic heterocycles. The van der Waals surface area contributed by atoms with E-state index in [-0.39, 0.29) is 11.9 Å². The number of carbonyl (C=O) groups is 2. The number of nitrogens with one attached hydrogen (secondary N) is 3. The SMILES string of the molecule is CCOc1ccccc1NC(=O)Nc1ccc(N2CCN(c3ccccc3OC)CC2)c(C(=O)NC2CCCCC2)c1. The van der Waals surface area contributed by atoms with Crippen LogP contribution in [0.4, 0.5) is 27.5 Å². The van der Waals surface area contributed by atoms with Crippen molar-refractivity contribution in [3.05, 3.63) is 72.3 Å². The molecule has 1 aliphatic carbocycles. The van der Waals surface area contributed by atoms with Crippen LogP contribution in [-0.4, -0.2) is 57.9 Å². The molecule has 3 amide bonds. The maximum Gasteiger partial charge on any atom is 0.323 e. The molecular formula is C33H41N5O4. The van der Waals surface area contributed by atoms with Gasteiger partial charge in [0.1, 0.15) is 11.5 Å². The Kier molecular flexibility index (Phi) is 9.69. The number of urea groups is 1. The molecule has 3 N–H and O–H groups in total. The van der Waals surface area contributed by atoms with E-state index in [1.54, 1.807) is 19.2 Å². The number of nitrogens with zero attached hydrogens (tertiary/aromatic N) is 2. The van der Waals surface area contributed by atoms with Crippen LogP contribution in [0.1, 0.15) is 49.4 Å². The van der Waals surface area contributed by atoms with Crippen LogP contribution in [0, 0.1) is 0 Å². The second-order valence-corrected chi connectivity index (χ2v) is 10.7. The van der Waals surface area contributed by atoms with Crippen LogP contribution in [0.2, 0.25) is 0 Å². The third kappa shape index (κ3) is 7.08. The first-order valence-corrected chi connectivity index (χ1v) is 14.9. The number of anilines is 4. The minimum absolute atomic E-state index is 0.102. The lowest BCUT2D eigenvalue weighted by Crippen LogP contribution is -2.47. The monoisotopic (exact) mass is 571 g/mol. The van der Waals surface area contributed by atoms with Crippen LogP contribution in [-0.2, 0) is 0 Å². The molecule has 2 aliphatic rings. The van der Waals surface area contributed by atoms with Gasteiger partial charge in [-0.05, 0) is 62.2 Å². The van der Waals surface area contributed by atoms with E-state index in [9.17, 15) is 9.59 Å². The molecule has 0 spiro atoms. The highest BCUT2D eigenvalue weighted by Crippen LogP contribution is 2.31. The van der Waals surface area contributed by atoms with Crippen molar-refractivity contribution in [1.29, 1.82) is 0 Å². The highest BCUT2D eigenvalue weighted by atomic mass is 16.5. The van der Waals surface area contributed by atoms with Gasteiger partial charge in [0.15, 0.2) is 0 Å².